The Labute approximate surface area is 177 Å². The van der Waals surface area contributed by atoms with E-state index in [9.17, 15) is 9.90 Å². The number of aromatic nitrogens is 3. The molecule has 1 heterocycles. The molecule has 0 aliphatic carbocycles. The highest BCUT2D eigenvalue weighted by atomic mass is 16.4. The van der Waals surface area contributed by atoms with Crippen LogP contribution in [0.5, 0.6) is 0 Å². The second kappa shape index (κ2) is 9.89. The van der Waals surface area contributed by atoms with Gasteiger partial charge < -0.3 is 5.11 Å². The summed E-state index contributed by atoms with van der Waals surface area (Å²) in [7, 11) is 0. The lowest BCUT2D eigenvalue weighted by Gasteiger charge is -2.08. The van der Waals surface area contributed by atoms with E-state index in [4.69, 9.17) is 11.4 Å². The van der Waals surface area contributed by atoms with E-state index in [0.717, 1.165) is 35.6 Å². The fourth-order valence-corrected chi connectivity index (χ4v) is 3.34. The molecule has 5 heteroatoms. The second-order valence-corrected chi connectivity index (χ2v) is 7.78. The summed E-state index contributed by atoms with van der Waals surface area (Å²) in [6.07, 6.45) is 8.62. The number of aromatic carboxylic acids is 1. The molecule has 0 amide bonds. The maximum atomic E-state index is 11.5. The van der Waals surface area contributed by atoms with Crippen LogP contribution in [0.2, 0.25) is 0 Å². The van der Waals surface area contributed by atoms with Gasteiger partial charge in [0.15, 0.2) is 5.82 Å². The number of carboxylic acid groups (broad SMARTS) is 1. The maximum absolute atomic E-state index is 11.5. The fraction of sp³-hybridized carbons (Fsp3) is 0.320. The largest absolute Gasteiger partial charge is 0.478 e. The highest BCUT2D eigenvalue weighted by Crippen LogP contribution is 2.24. The van der Waals surface area contributed by atoms with E-state index in [1.54, 1.807) is 12.1 Å². The Morgan fingerprint density at radius 2 is 1.90 bits per heavy atom. The topological polar surface area (TPSA) is 68.0 Å². The molecule has 0 spiro atoms. The van der Waals surface area contributed by atoms with Crippen LogP contribution in [0.3, 0.4) is 0 Å². The molecule has 0 radical (unpaired) electrons. The minimum Gasteiger partial charge on any atom is -0.478 e. The standard InChI is InChI=1S/C25H27N3O2/c1-4-5-16-28-24(26-23(27-28)15-10-18(2)3)17-19-11-13-20(14-12-19)21-8-6-7-9-22(21)25(29)30/h1,6-9,11-14,18H,5,10,15-17H2,2-3H3,(H,29,30). The van der Waals surface area contributed by atoms with Crippen LogP contribution in [0, 0.1) is 18.3 Å². The van der Waals surface area contributed by atoms with Crippen molar-refractivity contribution in [3.8, 4) is 23.5 Å². The Balaban J connectivity index is 1.81. The number of terminal acetylenes is 1. The van der Waals surface area contributed by atoms with E-state index in [0.29, 0.717) is 36.4 Å². The number of carboxylic acids is 1. The highest BCUT2D eigenvalue weighted by Gasteiger charge is 2.13. The summed E-state index contributed by atoms with van der Waals surface area (Å²) in [5.74, 6) is 4.12. The van der Waals surface area contributed by atoms with Crippen molar-refractivity contribution in [2.75, 3.05) is 0 Å². The van der Waals surface area contributed by atoms with Gasteiger partial charge in [-0.3, -0.25) is 0 Å². The van der Waals surface area contributed by atoms with Crippen LogP contribution < -0.4 is 0 Å². The molecule has 3 aromatic rings. The summed E-state index contributed by atoms with van der Waals surface area (Å²) >= 11 is 0. The number of hydrogen-bond acceptors (Lipinski definition) is 3. The molecule has 0 fully saturated rings. The minimum absolute atomic E-state index is 0.300. The number of carbonyl (C=O) groups is 1. The van der Waals surface area contributed by atoms with Gasteiger partial charge in [0.25, 0.3) is 0 Å². The Bertz CT molecular complexity index is 1040. The van der Waals surface area contributed by atoms with Gasteiger partial charge in [0.1, 0.15) is 5.82 Å². The predicted octanol–water partition coefficient (Wildman–Crippen LogP) is 4.85. The Morgan fingerprint density at radius 1 is 1.17 bits per heavy atom. The molecule has 0 bridgehead atoms. The van der Waals surface area contributed by atoms with Crippen LogP contribution >= 0.6 is 0 Å². The number of hydrogen-bond donors (Lipinski definition) is 1. The molecule has 0 aliphatic rings. The van der Waals surface area contributed by atoms with Crippen LogP contribution in [0.25, 0.3) is 11.1 Å². The molecular weight excluding hydrogens is 374 g/mol. The fourth-order valence-electron chi connectivity index (χ4n) is 3.34. The molecule has 30 heavy (non-hydrogen) atoms. The van der Waals surface area contributed by atoms with Crippen LogP contribution in [-0.4, -0.2) is 25.8 Å². The second-order valence-electron chi connectivity index (χ2n) is 7.78. The van der Waals surface area contributed by atoms with Crippen molar-refractivity contribution in [3.05, 3.63) is 71.3 Å². The quantitative estimate of drug-likeness (QED) is 0.521. The van der Waals surface area contributed by atoms with Gasteiger partial charge in [-0.1, -0.05) is 56.3 Å². The van der Waals surface area contributed by atoms with Crippen LogP contribution in [0.4, 0.5) is 0 Å². The molecule has 0 saturated heterocycles. The van der Waals surface area contributed by atoms with E-state index in [1.165, 1.54) is 0 Å². The maximum Gasteiger partial charge on any atom is 0.336 e. The molecule has 5 nitrogen and oxygen atoms in total. The van der Waals surface area contributed by atoms with E-state index in [2.05, 4.69) is 24.9 Å². The summed E-state index contributed by atoms with van der Waals surface area (Å²) < 4.78 is 1.92. The van der Waals surface area contributed by atoms with Crippen molar-refractivity contribution in [3.63, 3.8) is 0 Å². The number of rotatable bonds is 9. The third kappa shape index (κ3) is 5.36. The Kier molecular flexibility index (Phi) is 7.03. The van der Waals surface area contributed by atoms with Crippen LogP contribution in [0.15, 0.2) is 48.5 Å². The molecule has 2 aromatic carbocycles. The SMILES string of the molecule is C#CCCn1nc(CCC(C)C)nc1Cc1ccc(-c2ccccc2C(=O)O)cc1. The van der Waals surface area contributed by atoms with Gasteiger partial charge in [-0.05, 0) is 35.1 Å². The van der Waals surface area contributed by atoms with Crippen LogP contribution in [-0.2, 0) is 19.4 Å². The molecule has 1 N–H and O–H groups in total. The Hall–Kier alpha value is -3.39. The zero-order valence-electron chi connectivity index (χ0n) is 17.5. The van der Waals surface area contributed by atoms with Crippen LogP contribution in [0.1, 0.15) is 54.3 Å². The minimum atomic E-state index is -0.926. The number of nitrogens with zero attached hydrogens (tertiary/aromatic N) is 3. The zero-order chi connectivity index (χ0) is 21.5. The lowest BCUT2D eigenvalue weighted by molar-refractivity contribution is 0.0697. The van der Waals surface area contributed by atoms with Crippen molar-refractivity contribution in [1.82, 2.24) is 14.8 Å². The monoisotopic (exact) mass is 401 g/mol. The van der Waals surface area contributed by atoms with Crippen molar-refractivity contribution >= 4 is 5.97 Å². The first-order valence-corrected chi connectivity index (χ1v) is 10.3. The number of benzene rings is 2. The summed E-state index contributed by atoms with van der Waals surface area (Å²) in [5, 5.41) is 14.1. The number of aryl methyl sites for hydroxylation is 2. The van der Waals surface area contributed by atoms with Gasteiger partial charge in [0.2, 0.25) is 0 Å². The first-order chi connectivity index (χ1) is 14.5. The predicted molar refractivity (Wildman–Crippen MR) is 118 cm³/mol. The Morgan fingerprint density at radius 3 is 2.57 bits per heavy atom. The molecule has 0 aliphatic heterocycles. The zero-order valence-corrected chi connectivity index (χ0v) is 17.5. The van der Waals surface area contributed by atoms with Crippen molar-refractivity contribution in [2.24, 2.45) is 5.92 Å². The van der Waals surface area contributed by atoms with E-state index in [-0.39, 0.29) is 0 Å². The first-order valence-electron chi connectivity index (χ1n) is 10.3. The molecule has 0 atom stereocenters. The summed E-state index contributed by atoms with van der Waals surface area (Å²) in [5.41, 5.74) is 2.98. The van der Waals surface area contributed by atoms with Crippen molar-refractivity contribution in [2.45, 2.75) is 46.1 Å². The van der Waals surface area contributed by atoms with Gasteiger partial charge >= 0.3 is 5.97 Å². The third-order valence-electron chi connectivity index (χ3n) is 4.99. The average molecular weight is 402 g/mol. The first kappa shape index (κ1) is 21.3. The van der Waals surface area contributed by atoms with Gasteiger partial charge in [0.05, 0.1) is 12.1 Å². The van der Waals surface area contributed by atoms with E-state index >= 15 is 0 Å². The van der Waals surface area contributed by atoms with Crippen molar-refractivity contribution < 1.29 is 9.90 Å². The van der Waals surface area contributed by atoms with E-state index in [1.807, 2.05) is 41.1 Å². The summed E-state index contributed by atoms with van der Waals surface area (Å²) in [4.78, 5) is 16.2. The van der Waals surface area contributed by atoms with Gasteiger partial charge in [-0.25, -0.2) is 14.5 Å². The molecule has 3 rings (SSSR count). The normalized spacial score (nSPS) is 10.9. The lowest BCUT2D eigenvalue weighted by atomic mass is 9.98. The van der Waals surface area contributed by atoms with Gasteiger partial charge in [-0.2, -0.15) is 5.10 Å². The van der Waals surface area contributed by atoms with Gasteiger partial charge in [-0.15, -0.1) is 12.3 Å². The molecule has 0 unspecified atom stereocenters. The lowest BCUT2D eigenvalue weighted by Crippen LogP contribution is -2.06. The summed E-state index contributed by atoms with van der Waals surface area (Å²) in [6.45, 7) is 5.05. The molecule has 1 aromatic heterocycles. The molecular formula is C25H27N3O2. The third-order valence-corrected chi connectivity index (χ3v) is 4.99. The van der Waals surface area contributed by atoms with Crippen molar-refractivity contribution in [1.29, 1.82) is 0 Å². The average Bonchev–Trinajstić information content (AvgIpc) is 3.12. The van der Waals surface area contributed by atoms with E-state index < -0.39 is 5.97 Å². The molecule has 154 valence electrons. The smallest absolute Gasteiger partial charge is 0.336 e. The summed E-state index contributed by atoms with van der Waals surface area (Å²) in [6, 6.07) is 15.0. The highest BCUT2D eigenvalue weighted by molar-refractivity contribution is 5.95. The van der Waals surface area contributed by atoms with Gasteiger partial charge in [0, 0.05) is 19.3 Å². The molecule has 0 saturated carbocycles.